The molecule has 5 nitrogen and oxygen atoms in total. The van der Waals surface area contributed by atoms with E-state index in [0.717, 1.165) is 64.6 Å². The topological polar surface area (TPSA) is 48.9 Å². The van der Waals surface area contributed by atoms with Crippen LogP contribution in [0.25, 0.3) is 10.8 Å². The Morgan fingerprint density at radius 2 is 1.87 bits per heavy atom. The molecule has 0 radical (unpaired) electrons. The van der Waals surface area contributed by atoms with Gasteiger partial charge in [-0.25, -0.2) is 0 Å². The van der Waals surface area contributed by atoms with E-state index >= 15 is 0 Å². The van der Waals surface area contributed by atoms with Crippen molar-refractivity contribution >= 4 is 40.7 Å². The third-order valence-electron chi connectivity index (χ3n) is 5.66. The van der Waals surface area contributed by atoms with Gasteiger partial charge in [-0.1, -0.05) is 42.5 Å². The van der Waals surface area contributed by atoms with Gasteiger partial charge in [0.25, 0.3) is 0 Å². The molecule has 1 heterocycles. The lowest BCUT2D eigenvalue weighted by Crippen LogP contribution is -2.49. The van der Waals surface area contributed by atoms with E-state index in [0.29, 0.717) is 12.1 Å². The van der Waals surface area contributed by atoms with Crippen LogP contribution in [0.15, 0.2) is 47.5 Å². The highest BCUT2D eigenvalue weighted by Crippen LogP contribution is 2.19. The van der Waals surface area contributed by atoms with Crippen molar-refractivity contribution in [1.82, 2.24) is 15.5 Å². The number of rotatable bonds is 9. The molecule has 6 heteroatoms. The standard InChI is InChI=1S/C25H38N4O.HI/c1-4-26-25(28-23-13-16-29(17-14-23)18-19-30-20(2)3)27-15-12-22-10-7-9-21-8-5-6-11-24(21)22;/h5-11,20,23H,4,12-19H2,1-3H3,(H2,26,27,28);1H. The first-order valence-electron chi connectivity index (χ1n) is 11.5. The summed E-state index contributed by atoms with van der Waals surface area (Å²) in [7, 11) is 0. The van der Waals surface area contributed by atoms with Crippen LogP contribution in [0.3, 0.4) is 0 Å². The lowest BCUT2D eigenvalue weighted by molar-refractivity contribution is 0.0532. The Morgan fingerprint density at radius 1 is 1.13 bits per heavy atom. The van der Waals surface area contributed by atoms with Crippen molar-refractivity contribution in [3.8, 4) is 0 Å². The molecule has 0 amide bonds. The second kappa shape index (κ2) is 13.9. The molecule has 0 bridgehead atoms. The first-order chi connectivity index (χ1) is 14.7. The Kier molecular flexibility index (Phi) is 11.6. The second-order valence-corrected chi connectivity index (χ2v) is 8.33. The molecule has 0 aromatic heterocycles. The van der Waals surface area contributed by atoms with Gasteiger partial charge in [0.05, 0.1) is 12.7 Å². The summed E-state index contributed by atoms with van der Waals surface area (Å²) < 4.78 is 5.69. The van der Waals surface area contributed by atoms with Crippen LogP contribution in [0.5, 0.6) is 0 Å². The van der Waals surface area contributed by atoms with E-state index in [1.54, 1.807) is 0 Å². The zero-order valence-corrected chi connectivity index (χ0v) is 21.6. The summed E-state index contributed by atoms with van der Waals surface area (Å²) >= 11 is 0. The summed E-state index contributed by atoms with van der Waals surface area (Å²) in [5, 5.41) is 9.71. The van der Waals surface area contributed by atoms with Gasteiger partial charge < -0.3 is 20.3 Å². The first kappa shape index (κ1) is 25.9. The van der Waals surface area contributed by atoms with Crippen LogP contribution in [0.4, 0.5) is 0 Å². The highest BCUT2D eigenvalue weighted by molar-refractivity contribution is 14.0. The van der Waals surface area contributed by atoms with Crippen LogP contribution in [-0.4, -0.2) is 62.3 Å². The summed E-state index contributed by atoms with van der Waals surface area (Å²) in [6, 6.07) is 15.6. The average molecular weight is 539 g/mol. The Balaban J connectivity index is 0.00000341. The van der Waals surface area contributed by atoms with Gasteiger partial charge in [-0.2, -0.15) is 0 Å². The number of halogens is 1. The summed E-state index contributed by atoms with van der Waals surface area (Å²) in [6.45, 7) is 12.1. The molecule has 1 saturated heterocycles. The number of fused-ring (bicyclic) bond motifs is 1. The monoisotopic (exact) mass is 538 g/mol. The van der Waals surface area contributed by atoms with E-state index in [4.69, 9.17) is 9.73 Å². The Hall–Kier alpha value is -1.38. The van der Waals surface area contributed by atoms with E-state index in [1.165, 1.54) is 16.3 Å². The number of hydrogen-bond donors (Lipinski definition) is 2. The van der Waals surface area contributed by atoms with Gasteiger partial charge in [-0.15, -0.1) is 24.0 Å². The minimum absolute atomic E-state index is 0. The smallest absolute Gasteiger partial charge is 0.191 e. The number of guanidine groups is 1. The number of hydrogen-bond acceptors (Lipinski definition) is 3. The molecule has 3 rings (SSSR count). The molecular formula is C25H39IN4O. The van der Waals surface area contributed by atoms with Gasteiger partial charge in [0.15, 0.2) is 5.96 Å². The molecular weight excluding hydrogens is 499 g/mol. The van der Waals surface area contributed by atoms with Gasteiger partial charge in [0.2, 0.25) is 0 Å². The van der Waals surface area contributed by atoms with Gasteiger partial charge >= 0.3 is 0 Å². The lowest BCUT2D eigenvalue weighted by atomic mass is 10.0. The highest BCUT2D eigenvalue weighted by Gasteiger charge is 2.19. The van der Waals surface area contributed by atoms with Crippen LogP contribution >= 0.6 is 24.0 Å². The summed E-state index contributed by atoms with van der Waals surface area (Å²) in [6.07, 6.45) is 3.56. The summed E-state index contributed by atoms with van der Waals surface area (Å²) in [5.74, 6) is 0.944. The van der Waals surface area contributed by atoms with Crippen LogP contribution in [-0.2, 0) is 11.2 Å². The molecule has 0 atom stereocenters. The van der Waals surface area contributed by atoms with Crippen molar-refractivity contribution in [2.24, 2.45) is 4.99 Å². The normalized spacial score (nSPS) is 15.8. The number of aliphatic imine (C=N–C) groups is 1. The third-order valence-corrected chi connectivity index (χ3v) is 5.66. The maximum absolute atomic E-state index is 5.69. The van der Waals surface area contributed by atoms with Gasteiger partial charge in [-0.3, -0.25) is 4.99 Å². The van der Waals surface area contributed by atoms with E-state index in [1.807, 2.05) is 0 Å². The fourth-order valence-corrected chi connectivity index (χ4v) is 4.03. The van der Waals surface area contributed by atoms with Crippen LogP contribution in [0.1, 0.15) is 39.2 Å². The fourth-order valence-electron chi connectivity index (χ4n) is 4.03. The van der Waals surface area contributed by atoms with Crippen LogP contribution < -0.4 is 10.6 Å². The fraction of sp³-hybridized carbons (Fsp3) is 0.560. The molecule has 1 aliphatic heterocycles. The molecule has 31 heavy (non-hydrogen) atoms. The quantitative estimate of drug-likeness (QED) is 0.282. The Labute approximate surface area is 205 Å². The zero-order valence-electron chi connectivity index (χ0n) is 19.3. The minimum atomic E-state index is 0. The van der Waals surface area contributed by atoms with Gasteiger partial charge in [0.1, 0.15) is 0 Å². The van der Waals surface area contributed by atoms with Crippen molar-refractivity contribution in [2.75, 3.05) is 39.3 Å². The molecule has 0 aliphatic carbocycles. The largest absolute Gasteiger partial charge is 0.377 e. The number of piperidine rings is 1. The predicted molar refractivity (Wildman–Crippen MR) is 143 cm³/mol. The van der Waals surface area contributed by atoms with Gasteiger partial charge in [-0.05, 0) is 56.4 Å². The number of benzene rings is 2. The lowest BCUT2D eigenvalue weighted by Gasteiger charge is -2.33. The number of nitrogens with zero attached hydrogens (tertiary/aromatic N) is 2. The summed E-state index contributed by atoms with van der Waals surface area (Å²) in [4.78, 5) is 7.36. The Morgan fingerprint density at radius 3 is 2.61 bits per heavy atom. The minimum Gasteiger partial charge on any atom is -0.377 e. The number of ether oxygens (including phenoxy) is 1. The number of likely N-dealkylation sites (tertiary alicyclic amines) is 1. The average Bonchev–Trinajstić information content (AvgIpc) is 2.75. The molecule has 0 spiro atoms. The zero-order chi connectivity index (χ0) is 21.2. The molecule has 0 saturated carbocycles. The van der Waals surface area contributed by atoms with E-state index in [-0.39, 0.29) is 24.0 Å². The number of nitrogens with one attached hydrogen (secondary N) is 2. The van der Waals surface area contributed by atoms with Crippen molar-refractivity contribution in [3.05, 3.63) is 48.0 Å². The molecule has 2 N–H and O–H groups in total. The van der Waals surface area contributed by atoms with E-state index in [9.17, 15) is 0 Å². The third kappa shape index (κ3) is 8.58. The molecule has 1 fully saturated rings. The predicted octanol–water partition coefficient (Wildman–Crippen LogP) is 4.44. The summed E-state index contributed by atoms with van der Waals surface area (Å²) in [5.41, 5.74) is 1.37. The molecule has 2 aromatic rings. The second-order valence-electron chi connectivity index (χ2n) is 8.33. The Bertz CT molecular complexity index is 798. The van der Waals surface area contributed by atoms with E-state index in [2.05, 4.69) is 78.8 Å². The van der Waals surface area contributed by atoms with Crippen molar-refractivity contribution in [2.45, 2.75) is 52.2 Å². The molecule has 172 valence electrons. The SMILES string of the molecule is CCNC(=NCCc1cccc2ccccc12)NC1CCN(CCOC(C)C)CC1.I. The van der Waals surface area contributed by atoms with Crippen LogP contribution in [0, 0.1) is 0 Å². The maximum Gasteiger partial charge on any atom is 0.191 e. The molecule has 0 unspecified atom stereocenters. The van der Waals surface area contributed by atoms with Crippen molar-refractivity contribution in [3.63, 3.8) is 0 Å². The van der Waals surface area contributed by atoms with E-state index < -0.39 is 0 Å². The maximum atomic E-state index is 5.69. The van der Waals surface area contributed by atoms with Crippen molar-refractivity contribution < 1.29 is 4.74 Å². The molecule has 2 aromatic carbocycles. The van der Waals surface area contributed by atoms with Crippen LogP contribution in [0.2, 0.25) is 0 Å². The highest BCUT2D eigenvalue weighted by atomic mass is 127. The molecule has 1 aliphatic rings. The first-order valence-corrected chi connectivity index (χ1v) is 11.5. The van der Waals surface area contributed by atoms with Gasteiger partial charge in [0, 0.05) is 38.8 Å². The van der Waals surface area contributed by atoms with Crippen molar-refractivity contribution in [1.29, 1.82) is 0 Å².